The third kappa shape index (κ3) is 4.00. The summed E-state index contributed by atoms with van der Waals surface area (Å²) in [6.07, 6.45) is -0.0641. The molecule has 4 rings (SSSR count). The van der Waals surface area contributed by atoms with Crippen molar-refractivity contribution in [3.63, 3.8) is 0 Å². The van der Waals surface area contributed by atoms with Crippen molar-refractivity contribution in [3.05, 3.63) is 46.0 Å². The van der Waals surface area contributed by atoms with Crippen LogP contribution >= 0.6 is 11.6 Å². The summed E-state index contributed by atoms with van der Waals surface area (Å²) in [5.74, 6) is -1.12. The number of urea groups is 1. The Kier molecular flexibility index (Phi) is 5.67. The zero-order chi connectivity index (χ0) is 22.3. The Morgan fingerprint density at radius 3 is 2.87 bits per heavy atom. The minimum atomic E-state index is -0.802. The molecule has 0 saturated carbocycles. The van der Waals surface area contributed by atoms with Gasteiger partial charge < -0.3 is 10.2 Å². The van der Waals surface area contributed by atoms with Crippen LogP contribution < -0.4 is 5.32 Å². The van der Waals surface area contributed by atoms with Crippen molar-refractivity contribution in [1.82, 2.24) is 19.7 Å². The Morgan fingerprint density at radius 1 is 1.39 bits per heavy atom. The number of ketones is 1. The Morgan fingerprint density at radius 2 is 2.16 bits per heavy atom. The molecule has 1 aromatic heterocycles. The predicted molar refractivity (Wildman–Crippen MR) is 109 cm³/mol. The molecule has 1 atom stereocenters. The number of hydroxylamine groups is 2. The topological polar surface area (TPSA) is 96.8 Å². The molecule has 3 heterocycles. The second kappa shape index (κ2) is 8.27. The Labute approximate surface area is 182 Å². The Hall–Kier alpha value is -2.98. The summed E-state index contributed by atoms with van der Waals surface area (Å²) in [5.41, 5.74) is 2.02. The number of nitrogens with zero attached hydrogens (tertiary/aromatic N) is 4. The van der Waals surface area contributed by atoms with Gasteiger partial charge in [0.2, 0.25) is 0 Å². The molecule has 0 bridgehead atoms. The minimum absolute atomic E-state index is 0.0921. The van der Waals surface area contributed by atoms with Gasteiger partial charge in [0, 0.05) is 37.7 Å². The molecule has 3 amide bonds. The molecule has 0 fully saturated rings. The molecule has 0 radical (unpaired) electrons. The number of hydrogen-bond acceptors (Lipinski definition) is 5. The molecule has 2 aliphatic heterocycles. The van der Waals surface area contributed by atoms with Gasteiger partial charge >= 0.3 is 6.03 Å². The fourth-order valence-corrected chi connectivity index (χ4v) is 3.89. The van der Waals surface area contributed by atoms with Gasteiger partial charge in [0.05, 0.1) is 23.8 Å². The molecule has 1 aromatic carbocycles. The van der Waals surface area contributed by atoms with Crippen molar-refractivity contribution >= 4 is 35.0 Å². The van der Waals surface area contributed by atoms with E-state index in [1.54, 1.807) is 6.92 Å². The zero-order valence-electron chi connectivity index (χ0n) is 17.0. The van der Waals surface area contributed by atoms with Gasteiger partial charge in [-0.3, -0.25) is 19.1 Å². The van der Waals surface area contributed by atoms with E-state index in [1.807, 2.05) is 0 Å². The van der Waals surface area contributed by atoms with E-state index in [1.165, 1.54) is 34.8 Å². The summed E-state index contributed by atoms with van der Waals surface area (Å²) >= 11 is 5.78. The number of hydrogen-bond donors (Lipinski definition) is 1. The first-order valence-corrected chi connectivity index (χ1v) is 10.2. The summed E-state index contributed by atoms with van der Waals surface area (Å²) in [5, 5.41) is 8.17. The number of anilines is 1. The molecule has 1 N–H and O–H groups in total. The summed E-state index contributed by atoms with van der Waals surface area (Å²) in [6.45, 7) is 2.42. The Bertz CT molecular complexity index is 1070. The minimum Gasteiger partial charge on any atom is -0.320 e. The molecule has 2 aromatic rings. The van der Waals surface area contributed by atoms with Gasteiger partial charge in [-0.2, -0.15) is 5.10 Å². The highest BCUT2D eigenvalue weighted by Crippen LogP contribution is 2.27. The number of nitrogens with one attached hydrogen (secondary N) is 1. The number of fused-ring (bicyclic) bond motifs is 3. The molecule has 0 spiro atoms. The molecule has 2 aliphatic rings. The lowest BCUT2D eigenvalue weighted by atomic mass is 10.0. The van der Waals surface area contributed by atoms with E-state index in [0.29, 0.717) is 29.9 Å². The third-order valence-corrected chi connectivity index (χ3v) is 5.67. The number of Topliss-reactive ketones (excluding diaryl/α,β-unsaturated/α-hetero) is 1. The number of amides is 3. The Balaban J connectivity index is 1.57. The van der Waals surface area contributed by atoms with Crippen molar-refractivity contribution in [2.75, 3.05) is 18.9 Å². The fraction of sp³-hybridized carbons (Fsp3) is 0.400. The molecule has 0 saturated heterocycles. The van der Waals surface area contributed by atoms with Crippen LogP contribution in [0.15, 0.2) is 18.2 Å². The quantitative estimate of drug-likeness (QED) is 0.777. The number of benzene rings is 1. The fourth-order valence-electron chi connectivity index (χ4n) is 3.71. The highest BCUT2D eigenvalue weighted by atomic mass is 35.5. The first kappa shape index (κ1) is 21.3. The maximum Gasteiger partial charge on any atom is 0.322 e. The van der Waals surface area contributed by atoms with Crippen molar-refractivity contribution in [2.24, 2.45) is 0 Å². The number of carbonyl (C=O) groups is 3. The third-order valence-electron chi connectivity index (χ3n) is 5.38. The van der Waals surface area contributed by atoms with Crippen molar-refractivity contribution in [1.29, 1.82) is 0 Å². The van der Waals surface area contributed by atoms with Crippen molar-refractivity contribution in [3.8, 4) is 0 Å². The van der Waals surface area contributed by atoms with Gasteiger partial charge in [-0.05, 0) is 18.2 Å². The summed E-state index contributed by atoms with van der Waals surface area (Å²) in [7, 11) is 1.46. The lowest BCUT2D eigenvalue weighted by Crippen LogP contribution is -2.39. The number of aromatic nitrogens is 2. The predicted octanol–water partition coefficient (Wildman–Crippen LogP) is 2.63. The average Bonchev–Trinajstić information content (AvgIpc) is 3.05. The molecule has 1 unspecified atom stereocenters. The van der Waals surface area contributed by atoms with Gasteiger partial charge in [-0.1, -0.05) is 18.5 Å². The molecular formula is C20H21ClFN5O4. The normalized spacial score (nSPS) is 18.3. The lowest BCUT2D eigenvalue weighted by Gasteiger charge is -2.27. The second-order valence-corrected chi connectivity index (χ2v) is 7.81. The number of rotatable bonds is 3. The van der Waals surface area contributed by atoms with Gasteiger partial charge in [0.1, 0.15) is 11.5 Å². The highest BCUT2D eigenvalue weighted by molar-refractivity contribution is 6.31. The van der Waals surface area contributed by atoms with Crippen LogP contribution in [0, 0.1) is 5.82 Å². The summed E-state index contributed by atoms with van der Waals surface area (Å²) < 4.78 is 14.9. The van der Waals surface area contributed by atoms with E-state index in [4.69, 9.17) is 16.4 Å². The first-order valence-electron chi connectivity index (χ1n) is 9.85. The van der Waals surface area contributed by atoms with E-state index in [-0.39, 0.29) is 30.3 Å². The van der Waals surface area contributed by atoms with Crippen LogP contribution in [0.4, 0.5) is 14.9 Å². The van der Waals surface area contributed by atoms with Crippen LogP contribution in [-0.2, 0) is 29.1 Å². The van der Waals surface area contributed by atoms with Crippen LogP contribution in [0.1, 0.15) is 35.1 Å². The second-order valence-electron chi connectivity index (χ2n) is 7.40. The first-order chi connectivity index (χ1) is 14.8. The number of halogens is 2. The monoisotopic (exact) mass is 449 g/mol. The standard InChI is InChI=1S/C20H21ClFN5O4/c1-3-16(28)17-10-27-18(19(29)25(2)31-17)12-9-26(7-6-15(12)24-27)20(30)23-11-4-5-14(22)13(21)8-11/h4-5,8,17H,3,6-7,9-10H2,1-2H3,(H,23,30). The molecule has 9 nitrogen and oxygen atoms in total. The van der Waals surface area contributed by atoms with Crippen LogP contribution in [0.2, 0.25) is 5.02 Å². The van der Waals surface area contributed by atoms with Gasteiger partial charge in [-0.15, -0.1) is 0 Å². The van der Waals surface area contributed by atoms with Gasteiger partial charge in [-0.25, -0.2) is 14.2 Å². The SMILES string of the molecule is CCC(=O)C1Cn2nc3c(c2C(=O)N(C)O1)CN(C(=O)Nc1ccc(F)c(Cl)c1)CC3. The number of carbonyl (C=O) groups excluding carboxylic acids is 3. The summed E-state index contributed by atoms with van der Waals surface area (Å²) in [6, 6.07) is 3.52. The van der Waals surface area contributed by atoms with E-state index >= 15 is 0 Å². The van der Waals surface area contributed by atoms with Crippen LogP contribution in [0.5, 0.6) is 0 Å². The van der Waals surface area contributed by atoms with Crippen molar-refractivity contribution < 1.29 is 23.6 Å². The maximum absolute atomic E-state index is 13.4. The molecule has 0 aliphatic carbocycles. The molecular weight excluding hydrogens is 429 g/mol. The van der Waals surface area contributed by atoms with Gasteiger partial charge in [0.25, 0.3) is 5.91 Å². The van der Waals surface area contributed by atoms with E-state index in [0.717, 1.165) is 10.8 Å². The lowest BCUT2D eigenvalue weighted by molar-refractivity contribution is -0.166. The summed E-state index contributed by atoms with van der Waals surface area (Å²) in [4.78, 5) is 44.9. The maximum atomic E-state index is 13.4. The van der Waals surface area contributed by atoms with Crippen LogP contribution in [0.3, 0.4) is 0 Å². The van der Waals surface area contributed by atoms with Crippen LogP contribution in [-0.4, -0.2) is 57.2 Å². The van der Waals surface area contributed by atoms with E-state index < -0.39 is 23.9 Å². The largest absolute Gasteiger partial charge is 0.322 e. The molecule has 11 heteroatoms. The van der Waals surface area contributed by atoms with Crippen molar-refractivity contribution in [2.45, 2.75) is 39.0 Å². The van der Waals surface area contributed by atoms with E-state index in [2.05, 4.69) is 10.4 Å². The molecule has 31 heavy (non-hydrogen) atoms. The van der Waals surface area contributed by atoms with Crippen LogP contribution in [0.25, 0.3) is 0 Å². The highest BCUT2D eigenvalue weighted by Gasteiger charge is 2.36. The molecule has 164 valence electrons. The van der Waals surface area contributed by atoms with E-state index in [9.17, 15) is 18.8 Å². The van der Waals surface area contributed by atoms with Gasteiger partial charge in [0.15, 0.2) is 11.9 Å². The zero-order valence-corrected chi connectivity index (χ0v) is 17.8. The average molecular weight is 450 g/mol. The smallest absolute Gasteiger partial charge is 0.320 e.